The number of nitrogens with one attached hydrogen (secondary N) is 3. The Balaban J connectivity index is 0.000000265. The van der Waals surface area contributed by atoms with Crippen LogP contribution < -0.4 is 21.7 Å². The van der Waals surface area contributed by atoms with E-state index in [4.69, 9.17) is 19.9 Å². The van der Waals surface area contributed by atoms with Crippen molar-refractivity contribution in [2.24, 2.45) is 5.73 Å². The van der Waals surface area contributed by atoms with Gasteiger partial charge in [0.15, 0.2) is 0 Å². The number of carbonyl (C=O) groups is 5. The van der Waals surface area contributed by atoms with Crippen molar-refractivity contribution in [1.29, 1.82) is 0 Å². The molecular weight excluding hydrogens is 716 g/mol. The molecule has 5 rings (SSSR count). The first-order valence-electron chi connectivity index (χ1n) is 19.0. The van der Waals surface area contributed by atoms with Gasteiger partial charge in [-0.15, -0.1) is 0 Å². The number of rotatable bonds is 7. The number of nitrogens with zero attached hydrogens (tertiary/aromatic N) is 2. The van der Waals surface area contributed by atoms with Gasteiger partial charge in [0.1, 0.15) is 17.8 Å². The molecule has 14 heteroatoms. The fraction of sp³-hybridized carbons (Fsp3) is 0.452. The second-order valence-electron chi connectivity index (χ2n) is 15.8. The number of nitrogens with two attached hydrogens (primary N) is 1. The van der Waals surface area contributed by atoms with Gasteiger partial charge < -0.3 is 35.1 Å². The van der Waals surface area contributed by atoms with Crippen molar-refractivity contribution in [3.05, 3.63) is 95.6 Å². The van der Waals surface area contributed by atoms with E-state index in [-0.39, 0.29) is 30.5 Å². The number of alkyl carbamates (subject to hydrolysis) is 1. The molecular formula is C42H56N6O8. The summed E-state index contributed by atoms with van der Waals surface area (Å²) in [7, 11) is 0. The molecule has 0 bridgehead atoms. The van der Waals surface area contributed by atoms with Gasteiger partial charge in [-0.2, -0.15) is 0 Å². The van der Waals surface area contributed by atoms with Crippen molar-refractivity contribution in [3.63, 3.8) is 0 Å². The van der Waals surface area contributed by atoms with Gasteiger partial charge in [0.05, 0.1) is 0 Å². The zero-order valence-corrected chi connectivity index (χ0v) is 33.3. The van der Waals surface area contributed by atoms with Gasteiger partial charge in [0.2, 0.25) is 0 Å². The summed E-state index contributed by atoms with van der Waals surface area (Å²) in [4.78, 5) is 64.4. The van der Waals surface area contributed by atoms with Crippen LogP contribution >= 0.6 is 0 Å². The molecule has 2 fully saturated rings. The SMILES string of the molecule is CC(C)(C)OC(=O)Nc1ccc(C(=O)N2CCC(N)CC2)cc1.CC(C)(C)OC(=O)Nc1ccc(C(=O)N2CCC(NC(=O)OCc3ccccc3)CC2)cc1. The number of benzene rings is 3. The molecule has 0 atom stereocenters. The summed E-state index contributed by atoms with van der Waals surface area (Å²) in [6, 6.07) is 23.2. The Labute approximate surface area is 329 Å². The lowest BCUT2D eigenvalue weighted by atomic mass is 10.0. The van der Waals surface area contributed by atoms with E-state index in [9.17, 15) is 24.0 Å². The van der Waals surface area contributed by atoms with Crippen molar-refractivity contribution >= 4 is 41.5 Å². The largest absolute Gasteiger partial charge is 0.445 e. The molecule has 2 saturated heterocycles. The lowest BCUT2D eigenvalue weighted by Crippen LogP contribution is -2.46. The first-order chi connectivity index (χ1) is 26.4. The maximum absolute atomic E-state index is 12.8. The first-order valence-corrected chi connectivity index (χ1v) is 19.0. The molecule has 14 nitrogen and oxygen atoms in total. The fourth-order valence-corrected chi connectivity index (χ4v) is 5.86. The number of anilines is 2. The summed E-state index contributed by atoms with van der Waals surface area (Å²) < 4.78 is 15.7. The Bertz CT molecular complexity index is 1760. The van der Waals surface area contributed by atoms with E-state index in [0.717, 1.165) is 18.4 Å². The van der Waals surface area contributed by atoms with E-state index in [1.165, 1.54) is 0 Å². The third-order valence-corrected chi connectivity index (χ3v) is 8.70. The number of hydrogen-bond donors (Lipinski definition) is 4. The normalized spacial score (nSPS) is 15.1. The summed E-state index contributed by atoms with van der Waals surface area (Å²) in [6.07, 6.45) is 1.49. The van der Waals surface area contributed by atoms with Crippen LogP contribution in [-0.2, 0) is 20.8 Å². The van der Waals surface area contributed by atoms with Crippen LogP contribution in [0.25, 0.3) is 0 Å². The number of ether oxygens (including phenoxy) is 3. The molecule has 3 aromatic rings. The minimum atomic E-state index is -0.584. The monoisotopic (exact) mass is 772 g/mol. The van der Waals surface area contributed by atoms with Gasteiger partial charge >= 0.3 is 18.3 Å². The molecule has 2 aliphatic rings. The van der Waals surface area contributed by atoms with Crippen LogP contribution in [0.2, 0.25) is 0 Å². The second kappa shape index (κ2) is 19.8. The molecule has 302 valence electrons. The molecule has 2 heterocycles. The van der Waals surface area contributed by atoms with E-state index >= 15 is 0 Å². The van der Waals surface area contributed by atoms with E-state index in [2.05, 4.69) is 16.0 Å². The molecule has 0 aromatic heterocycles. The van der Waals surface area contributed by atoms with Gasteiger partial charge in [-0.25, -0.2) is 14.4 Å². The maximum atomic E-state index is 12.8. The Morgan fingerprint density at radius 1 is 0.607 bits per heavy atom. The third kappa shape index (κ3) is 14.9. The van der Waals surface area contributed by atoms with Crippen LogP contribution in [0.5, 0.6) is 0 Å². The predicted octanol–water partition coefficient (Wildman–Crippen LogP) is 7.16. The lowest BCUT2D eigenvalue weighted by molar-refractivity contribution is 0.0624. The number of likely N-dealkylation sites (tertiary alicyclic amines) is 2. The quantitative estimate of drug-likeness (QED) is 0.181. The van der Waals surface area contributed by atoms with Gasteiger partial charge in [-0.05, 0) is 121 Å². The highest BCUT2D eigenvalue weighted by molar-refractivity contribution is 5.96. The van der Waals surface area contributed by atoms with Crippen molar-refractivity contribution < 1.29 is 38.2 Å². The third-order valence-electron chi connectivity index (χ3n) is 8.70. The molecule has 56 heavy (non-hydrogen) atoms. The fourth-order valence-electron chi connectivity index (χ4n) is 5.86. The van der Waals surface area contributed by atoms with Crippen LogP contribution in [0.1, 0.15) is 93.5 Å². The molecule has 5 amide bonds. The molecule has 5 N–H and O–H groups in total. The summed E-state index contributed by atoms with van der Waals surface area (Å²) in [5.74, 6) is -0.0790. The average Bonchev–Trinajstić information content (AvgIpc) is 3.14. The Morgan fingerprint density at radius 3 is 1.43 bits per heavy atom. The van der Waals surface area contributed by atoms with Crippen LogP contribution in [-0.4, -0.2) is 89.4 Å². The highest BCUT2D eigenvalue weighted by Gasteiger charge is 2.26. The molecule has 0 radical (unpaired) electrons. The Morgan fingerprint density at radius 2 is 1.02 bits per heavy atom. The van der Waals surface area contributed by atoms with E-state index in [1.54, 1.807) is 95.0 Å². The summed E-state index contributed by atoms with van der Waals surface area (Å²) in [6.45, 7) is 13.5. The van der Waals surface area contributed by atoms with Crippen molar-refractivity contribution in [1.82, 2.24) is 15.1 Å². The highest BCUT2D eigenvalue weighted by Crippen LogP contribution is 2.19. The van der Waals surface area contributed by atoms with E-state index < -0.39 is 29.5 Å². The molecule has 3 aromatic carbocycles. The average molecular weight is 773 g/mol. The number of piperidine rings is 2. The molecule has 2 aliphatic heterocycles. The van der Waals surface area contributed by atoms with Crippen LogP contribution in [0.15, 0.2) is 78.9 Å². The molecule has 0 aliphatic carbocycles. The van der Waals surface area contributed by atoms with Gasteiger partial charge in [-0.1, -0.05) is 30.3 Å². The van der Waals surface area contributed by atoms with Crippen molar-refractivity contribution in [3.8, 4) is 0 Å². The Kier molecular flexibility index (Phi) is 15.2. The van der Waals surface area contributed by atoms with E-state index in [1.807, 2.05) is 35.2 Å². The Hall–Kier alpha value is -5.63. The summed E-state index contributed by atoms with van der Waals surface area (Å²) >= 11 is 0. The van der Waals surface area contributed by atoms with Crippen LogP contribution in [0.4, 0.5) is 25.8 Å². The zero-order valence-electron chi connectivity index (χ0n) is 33.3. The predicted molar refractivity (Wildman–Crippen MR) is 214 cm³/mol. The standard InChI is InChI=1S/C25H31N3O5.C17H25N3O3/c1-25(2,3)33-24(31)27-20-11-9-19(10-12-20)22(29)28-15-13-21(14-16-28)26-23(30)32-17-18-7-5-4-6-8-18;1-17(2,3)23-16(22)19-14-6-4-12(5-7-14)15(21)20-10-8-13(18)9-11-20/h4-12,21H,13-17H2,1-3H3,(H,26,30)(H,27,31);4-7,13H,8-11,18H2,1-3H3,(H,19,22). The minimum Gasteiger partial charge on any atom is -0.445 e. The lowest BCUT2D eigenvalue weighted by Gasteiger charge is -2.32. The summed E-state index contributed by atoms with van der Waals surface area (Å²) in [5, 5.41) is 8.18. The van der Waals surface area contributed by atoms with Crippen molar-refractivity contribution in [2.45, 2.75) is 97.1 Å². The maximum Gasteiger partial charge on any atom is 0.412 e. The number of amides is 5. The number of hydrogen-bond acceptors (Lipinski definition) is 9. The van der Waals surface area contributed by atoms with Crippen LogP contribution in [0, 0.1) is 0 Å². The van der Waals surface area contributed by atoms with Gasteiger partial charge in [0.25, 0.3) is 11.8 Å². The molecule has 0 saturated carbocycles. The summed E-state index contributed by atoms with van der Waals surface area (Å²) in [5.41, 5.74) is 7.95. The van der Waals surface area contributed by atoms with E-state index in [0.29, 0.717) is 61.5 Å². The van der Waals surface area contributed by atoms with Crippen LogP contribution in [0.3, 0.4) is 0 Å². The first kappa shape index (κ1) is 43.1. The number of carbonyl (C=O) groups excluding carboxylic acids is 5. The zero-order chi connectivity index (χ0) is 40.9. The molecule has 0 unspecified atom stereocenters. The van der Waals surface area contributed by atoms with Crippen molar-refractivity contribution in [2.75, 3.05) is 36.8 Å². The van der Waals surface area contributed by atoms with Gasteiger partial charge in [0, 0.05) is 60.8 Å². The minimum absolute atomic E-state index is 0.000665. The molecule has 0 spiro atoms. The second-order valence-corrected chi connectivity index (χ2v) is 15.8. The highest BCUT2D eigenvalue weighted by atomic mass is 16.6. The van der Waals surface area contributed by atoms with Gasteiger partial charge in [-0.3, -0.25) is 20.2 Å². The smallest absolute Gasteiger partial charge is 0.412 e. The topological polar surface area (TPSA) is 182 Å².